The second kappa shape index (κ2) is 3.86. The van der Waals surface area contributed by atoms with Crippen molar-refractivity contribution in [1.29, 1.82) is 0 Å². The highest BCUT2D eigenvalue weighted by molar-refractivity contribution is 5.74. The van der Waals surface area contributed by atoms with Crippen LogP contribution in [-0.2, 0) is 6.42 Å². The van der Waals surface area contributed by atoms with Crippen molar-refractivity contribution in [3.63, 3.8) is 0 Å². The number of benzene rings is 1. The maximum absolute atomic E-state index is 11.8. The van der Waals surface area contributed by atoms with E-state index in [0.717, 1.165) is 11.8 Å². The second-order valence-electron chi connectivity index (χ2n) is 2.30. The van der Waals surface area contributed by atoms with Gasteiger partial charge in [0.1, 0.15) is 6.29 Å². The molecule has 0 amide bonds. The van der Waals surface area contributed by atoms with Crippen LogP contribution in [0.3, 0.4) is 0 Å². The Morgan fingerprint density at radius 2 is 1.91 bits per heavy atom. The molecule has 0 aliphatic carbocycles. The van der Waals surface area contributed by atoms with Gasteiger partial charge in [-0.15, -0.1) is 0 Å². The molecule has 0 N–H and O–H groups in total. The average Bonchev–Trinajstić information content (AvgIpc) is 2.07. The lowest BCUT2D eigenvalue weighted by Crippen LogP contribution is -1.87. The molecule has 0 fully saturated rings. The van der Waals surface area contributed by atoms with Gasteiger partial charge in [0, 0.05) is 12.0 Å². The summed E-state index contributed by atoms with van der Waals surface area (Å²) in [5, 5.41) is 0. The summed E-state index contributed by atoms with van der Waals surface area (Å²) in [6.45, 7) is -0.347. The first kappa shape index (κ1) is 7.92. The molecule has 1 aromatic carbocycles. The summed E-state index contributed by atoms with van der Waals surface area (Å²) in [5.74, 6) is 0. The van der Waals surface area contributed by atoms with Gasteiger partial charge in [0.2, 0.25) is 0 Å². The van der Waals surface area contributed by atoms with Gasteiger partial charge in [0.15, 0.2) is 0 Å². The van der Waals surface area contributed by atoms with Crippen LogP contribution in [-0.4, -0.2) is 13.0 Å². The molecule has 1 aromatic rings. The van der Waals surface area contributed by atoms with Crippen LogP contribution in [0.15, 0.2) is 24.3 Å². The van der Waals surface area contributed by atoms with Gasteiger partial charge in [-0.1, -0.05) is 24.3 Å². The first-order valence-corrected chi connectivity index (χ1v) is 3.47. The highest BCUT2D eigenvalue weighted by Gasteiger charge is 1.92. The number of carbonyl (C=O) groups excluding carboxylic acids is 1. The van der Waals surface area contributed by atoms with Crippen LogP contribution in [0.4, 0.5) is 4.39 Å². The minimum absolute atomic E-state index is 0.347. The SMILES string of the molecule is O=Cc1ccc(CCF)cc1. The van der Waals surface area contributed by atoms with E-state index >= 15 is 0 Å². The van der Waals surface area contributed by atoms with E-state index in [0.29, 0.717) is 12.0 Å². The smallest absolute Gasteiger partial charge is 0.150 e. The predicted octanol–water partition coefficient (Wildman–Crippen LogP) is 2.01. The fourth-order valence-corrected chi connectivity index (χ4v) is 0.872. The van der Waals surface area contributed by atoms with Gasteiger partial charge in [0.25, 0.3) is 0 Å². The first-order chi connectivity index (χ1) is 5.36. The molecule has 0 bridgehead atoms. The quantitative estimate of drug-likeness (QED) is 0.605. The first-order valence-electron chi connectivity index (χ1n) is 3.47. The number of carbonyl (C=O) groups is 1. The Labute approximate surface area is 64.9 Å². The number of aryl methyl sites for hydroxylation is 1. The highest BCUT2D eigenvalue weighted by atomic mass is 19.1. The van der Waals surface area contributed by atoms with Gasteiger partial charge in [-0.05, 0) is 5.56 Å². The van der Waals surface area contributed by atoms with Crippen molar-refractivity contribution in [2.75, 3.05) is 6.67 Å². The molecule has 1 nitrogen and oxygen atoms in total. The summed E-state index contributed by atoms with van der Waals surface area (Å²) < 4.78 is 11.8. The summed E-state index contributed by atoms with van der Waals surface area (Å²) in [6.07, 6.45) is 1.21. The van der Waals surface area contributed by atoms with Gasteiger partial charge < -0.3 is 0 Å². The summed E-state index contributed by atoms with van der Waals surface area (Å²) in [4.78, 5) is 10.2. The van der Waals surface area contributed by atoms with Gasteiger partial charge in [-0.25, -0.2) is 0 Å². The van der Waals surface area contributed by atoms with Crippen molar-refractivity contribution in [3.8, 4) is 0 Å². The second-order valence-corrected chi connectivity index (χ2v) is 2.30. The molecule has 1 rings (SSSR count). The topological polar surface area (TPSA) is 17.1 Å². The van der Waals surface area contributed by atoms with Crippen LogP contribution < -0.4 is 0 Å². The van der Waals surface area contributed by atoms with Crippen molar-refractivity contribution < 1.29 is 9.18 Å². The largest absolute Gasteiger partial charge is 0.298 e. The van der Waals surface area contributed by atoms with E-state index in [2.05, 4.69) is 0 Å². The van der Waals surface area contributed by atoms with E-state index < -0.39 is 0 Å². The maximum Gasteiger partial charge on any atom is 0.150 e. The van der Waals surface area contributed by atoms with E-state index in [4.69, 9.17) is 0 Å². The Morgan fingerprint density at radius 3 is 2.36 bits per heavy atom. The lowest BCUT2D eigenvalue weighted by atomic mass is 10.1. The van der Waals surface area contributed by atoms with Crippen LogP contribution in [0, 0.1) is 0 Å². The van der Waals surface area contributed by atoms with E-state index in [1.54, 1.807) is 24.3 Å². The predicted molar refractivity (Wildman–Crippen MR) is 41.5 cm³/mol. The maximum atomic E-state index is 11.8. The molecular weight excluding hydrogens is 143 g/mol. The Kier molecular flexibility index (Phi) is 2.78. The fourth-order valence-electron chi connectivity index (χ4n) is 0.872. The molecule has 2 heteroatoms. The zero-order chi connectivity index (χ0) is 8.10. The average molecular weight is 152 g/mol. The zero-order valence-electron chi connectivity index (χ0n) is 6.09. The van der Waals surface area contributed by atoms with Crippen molar-refractivity contribution in [1.82, 2.24) is 0 Å². The van der Waals surface area contributed by atoms with Crippen molar-refractivity contribution >= 4 is 6.29 Å². The molecule has 0 aliphatic heterocycles. The summed E-state index contributed by atoms with van der Waals surface area (Å²) in [7, 11) is 0. The summed E-state index contributed by atoms with van der Waals surface area (Å²) in [5.41, 5.74) is 1.56. The van der Waals surface area contributed by atoms with E-state index in [1.165, 1.54) is 0 Å². The molecule has 0 unspecified atom stereocenters. The van der Waals surface area contributed by atoms with Crippen molar-refractivity contribution in [3.05, 3.63) is 35.4 Å². The minimum atomic E-state index is -0.347. The molecule has 0 aromatic heterocycles. The number of hydrogen-bond donors (Lipinski definition) is 0. The number of hydrogen-bond acceptors (Lipinski definition) is 1. The monoisotopic (exact) mass is 152 g/mol. The van der Waals surface area contributed by atoms with Gasteiger partial charge in [0.05, 0.1) is 6.67 Å². The van der Waals surface area contributed by atoms with E-state index in [1.807, 2.05) is 0 Å². The third-order valence-corrected chi connectivity index (χ3v) is 1.50. The number of alkyl halides is 1. The molecular formula is C9H9FO. The highest BCUT2D eigenvalue weighted by Crippen LogP contribution is 2.02. The van der Waals surface area contributed by atoms with Crippen LogP contribution in [0.2, 0.25) is 0 Å². The summed E-state index contributed by atoms with van der Waals surface area (Å²) >= 11 is 0. The molecule has 0 spiro atoms. The number of rotatable bonds is 3. The lowest BCUT2D eigenvalue weighted by molar-refractivity contribution is 0.112. The molecule has 11 heavy (non-hydrogen) atoms. The van der Waals surface area contributed by atoms with Crippen LogP contribution in [0.25, 0.3) is 0 Å². The van der Waals surface area contributed by atoms with Gasteiger partial charge in [-0.3, -0.25) is 9.18 Å². The van der Waals surface area contributed by atoms with E-state index in [-0.39, 0.29) is 6.67 Å². The van der Waals surface area contributed by atoms with Crippen molar-refractivity contribution in [2.45, 2.75) is 6.42 Å². The molecule has 0 aliphatic rings. The molecule has 0 heterocycles. The Hall–Kier alpha value is -1.18. The molecule has 0 radical (unpaired) electrons. The number of aldehydes is 1. The lowest BCUT2D eigenvalue weighted by Gasteiger charge is -1.95. The van der Waals surface area contributed by atoms with Crippen LogP contribution in [0.1, 0.15) is 15.9 Å². The molecule has 0 saturated heterocycles. The standard InChI is InChI=1S/C9H9FO/c10-6-5-8-1-3-9(7-11)4-2-8/h1-4,7H,5-6H2. The van der Waals surface area contributed by atoms with E-state index in [9.17, 15) is 9.18 Å². The number of halogens is 1. The Balaban J connectivity index is 2.74. The fraction of sp³-hybridized carbons (Fsp3) is 0.222. The summed E-state index contributed by atoms with van der Waals surface area (Å²) in [6, 6.07) is 6.92. The molecule has 0 atom stereocenters. The third kappa shape index (κ3) is 2.15. The zero-order valence-corrected chi connectivity index (χ0v) is 6.09. The molecule has 0 saturated carbocycles. The Bertz CT molecular complexity index is 228. The third-order valence-electron chi connectivity index (χ3n) is 1.50. The molecule has 58 valence electrons. The Morgan fingerprint density at radius 1 is 1.27 bits per heavy atom. The van der Waals surface area contributed by atoms with Crippen LogP contribution >= 0.6 is 0 Å². The van der Waals surface area contributed by atoms with Crippen molar-refractivity contribution in [2.24, 2.45) is 0 Å². The normalized spacial score (nSPS) is 9.55. The van der Waals surface area contributed by atoms with Gasteiger partial charge >= 0.3 is 0 Å². The van der Waals surface area contributed by atoms with Gasteiger partial charge in [-0.2, -0.15) is 0 Å². The van der Waals surface area contributed by atoms with Crippen LogP contribution in [0.5, 0.6) is 0 Å². The minimum Gasteiger partial charge on any atom is -0.298 e.